The predicted octanol–water partition coefficient (Wildman–Crippen LogP) is 1.70. The summed E-state index contributed by atoms with van der Waals surface area (Å²) in [5, 5.41) is 0. The standard InChI is InChI=1S/C28H36O12/c1-12-9-21-28(27(8,40-28)24(33)38-21)23(37-16(5)32)22-25(6,18(35-14(3)30)10-17(12)34-13(2)29)19(36-15(4)31)11-20-26(22,7)39-20/h9,17-23H,10-11H2,1-8H3/b12-9-/t17-,18+,19+,20+,21+,22-,23+,25+,26+,27+,28+/m1/s1. The van der Waals surface area contributed by atoms with Crippen molar-refractivity contribution in [2.24, 2.45) is 11.3 Å². The third-order valence-electron chi connectivity index (χ3n) is 9.50. The summed E-state index contributed by atoms with van der Waals surface area (Å²) in [6.45, 7) is 12.0. The van der Waals surface area contributed by atoms with Gasteiger partial charge in [0.1, 0.15) is 24.4 Å². The van der Waals surface area contributed by atoms with Crippen LogP contribution in [0.25, 0.3) is 0 Å². The second kappa shape index (κ2) is 9.01. The number of hydrogen-bond donors (Lipinski definition) is 0. The zero-order chi connectivity index (χ0) is 29.6. The smallest absolute Gasteiger partial charge is 0.342 e. The third-order valence-corrected chi connectivity index (χ3v) is 9.50. The normalized spacial score (nSPS) is 47.9. The summed E-state index contributed by atoms with van der Waals surface area (Å²) in [4.78, 5) is 62.9. The Labute approximate surface area is 231 Å². The van der Waals surface area contributed by atoms with Gasteiger partial charge in [-0.25, -0.2) is 4.79 Å². The van der Waals surface area contributed by atoms with Gasteiger partial charge in [-0.15, -0.1) is 0 Å². The zero-order valence-electron chi connectivity index (χ0n) is 23.9. The lowest BCUT2D eigenvalue weighted by molar-refractivity contribution is -0.215. The lowest BCUT2D eigenvalue weighted by Gasteiger charge is -2.54. The van der Waals surface area contributed by atoms with Crippen LogP contribution in [0.3, 0.4) is 0 Å². The summed E-state index contributed by atoms with van der Waals surface area (Å²) in [7, 11) is 0. The molecule has 0 bridgehead atoms. The van der Waals surface area contributed by atoms with Crippen LogP contribution in [0.1, 0.15) is 68.2 Å². The largest absolute Gasteiger partial charge is 0.462 e. The van der Waals surface area contributed by atoms with Crippen LogP contribution in [0.5, 0.6) is 0 Å². The van der Waals surface area contributed by atoms with Crippen LogP contribution < -0.4 is 0 Å². The second-order valence-corrected chi connectivity index (χ2v) is 12.1. The molecule has 11 atom stereocenters. The van der Waals surface area contributed by atoms with Crippen molar-refractivity contribution in [3.8, 4) is 0 Å². The highest BCUT2D eigenvalue weighted by molar-refractivity contribution is 5.89. The minimum Gasteiger partial charge on any atom is -0.462 e. The molecule has 1 saturated carbocycles. The molecule has 5 rings (SSSR count). The van der Waals surface area contributed by atoms with Crippen molar-refractivity contribution in [3.05, 3.63) is 11.6 Å². The lowest BCUT2D eigenvalue weighted by atomic mass is 9.53. The molecule has 3 aliphatic heterocycles. The molecular formula is C28H36O12. The first-order valence-corrected chi connectivity index (χ1v) is 13.5. The molecule has 0 aromatic carbocycles. The molecule has 5 aliphatic rings. The van der Waals surface area contributed by atoms with E-state index >= 15 is 0 Å². The average molecular weight is 565 g/mol. The van der Waals surface area contributed by atoms with Crippen LogP contribution in [0.4, 0.5) is 0 Å². The summed E-state index contributed by atoms with van der Waals surface area (Å²) in [5.41, 5.74) is -4.62. The van der Waals surface area contributed by atoms with Crippen molar-refractivity contribution in [2.45, 2.75) is 122 Å². The van der Waals surface area contributed by atoms with Gasteiger partial charge < -0.3 is 33.2 Å². The molecule has 12 nitrogen and oxygen atoms in total. The Morgan fingerprint density at radius 1 is 0.850 bits per heavy atom. The van der Waals surface area contributed by atoms with Gasteiger partial charge in [-0.1, -0.05) is 6.92 Å². The van der Waals surface area contributed by atoms with Crippen LogP contribution in [0.2, 0.25) is 0 Å². The molecular weight excluding hydrogens is 528 g/mol. The number of ether oxygens (including phenoxy) is 7. The van der Waals surface area contributed by atoms with Gasteiger partial charge >= 0.3 is 29.8 Å². The minimum absolute atomic E-state index is 0.00835. The first-order chi connectivity index (χ1) is 18.5. The number of hydrogen-bond acceptors (Lipinski definition) is 12. The molecule has 0 N–H and O–H groups in total. The van der Waals surface area contributed by atoms with Gasteiger partial charge in [0.25, 0.3) is 0 Å². The molecule has 0 aromatic rings. The number of fused-ring (bicyclic) bond motifs is 3. The van der Waals surface area contributed by atoms with Gasteiger partial charge in [-0.3, -0.25) is 19.2 Å². The van der Waals surface area contributed by atoms with Gasteiger partial charge in [0.05, 0.1) is 17.1 Å². The molecule has 0 aromatic heterocycles. The molecule has 40 heavy (non-hydrogen) atoms. The Bertz CT molecular complexity index is 1210. The fraction of sp³-hybridized carbons (Fsp3) is 0.750. The summed E-state index contributed by atoms with van der Waals surface area (Å²) in [5.74, 6) is -3.83. The highest BCUT2D eigenvalue weighted by atomic mass is 16.7. The second-order valence-electron chi connectivity index (χ2n) is 12.1. The zero-order valence-corrected chi connectivity index (χ0v) is 23.9. The molecule has 3 saturated heterocycles. The summed E-state index contributed by atoms with van der Waals surface area (Å²) >= 11 is 0. The van der Waals surface area contributed by atoms with Crippen molar-refractivity contribution in [1.29, 1.82) is 0 Å². The van der Waals surface area contributed by atoms with Gasteiger partial charge in [-0.2, -0.15) is 0 Å². The monoisotopic (exact) mass is 564 g/mol. The van der Waals surface area contributed by atoms with E-state index in [2.05, 4.69) is 0 Å². The van der Waals surface area contributed by atoms with E-state index in [4.69, 9.17) is 33.2 Å². The fourth-order valence-electron chi connectivity index (χ4n) is 7.59. The van der Waals surface area contributed by atoms with Crippen molar-refractivity contribution >= 4 is 29.8 Å². The lowest BCUT2D eigenvalue weighted by Crippen LogP contribution is -2.66. The van der Waals surface area contributed by atoms with Crippen LogP contribution in [-0.4, -0.2) is 83.3 Å². The Morgan fingerprint density at radius 3 is 1.93 bits per heavy atom. The van der Waals surface area contributed by atoms with E-state index in [0.717, 1.165) is 0 Å². The van der Waals surface area contributed by atoms with E-state index < -0.39 is 88.5 Å². The summed E-state index contributed by atoms with van der Waals surface area (Å²) in [6.07, 6.45) is -3.39. The van der Waals surface area contributed by atoms with Crippen LogP contribution in [0, 0.1) is 11.3 Å². The first kappa shape index (κ1) is 28.5. The quantitative estimate of drug-likeness (QED) is 0.211. The summed E-state index contributed by atoms with van der Waals surface area (Å²) in [6, 6.07) is 0. The Hall–Kier alpha value is -2.99. The molecule has 0 amide bonds. The SMILES string of the molecule is CC(=O)O[C@H]1C[C@@H]2O[C@]2(C)[C@@H]2[C@H](OC(C)=O)[C@]34O[C@@]3(C)C(=O)O[C@H]4/C=C(/C)[C@H](OC(C)=O)C[C@H](OC(C)=O)[C@@]12C. The van der Waals surface area contributed by atoms with Crippen LogP contribution >= 0.6 is 0 Å². The van der Waals surface area contributed by atoms with E-state index in [0.29, 0.717) is 5.57 Å². The van der Waals surface area contributed by atoms with Crippen molar-refractivity contribution in [2.75, 3.05) is 0 Å². The van der Waals surface area contributed by atoms with E-state index in [-0.39, 0.29) is 18.9 Å². The maximum atomic E-state index is 13.2. The molecule has 2 aliphatic carbocycles. The van der Waals surface area contributed by atoms with Crippen molar-refractivity contribution in [3.63, 3.8) is 0 Å². The molecule has 220 valence electrons. The maximum Gasteiger partial charge on any atom is 0.342 e. The molecule has 4 fully saturated rings. The highest BCUT2D eigenvalue weighted by Gasteiger charge is 2.89. The first-order valence-electron chi connectivity index (χ1n) is 13.5. The molecule has 0 unspecified atom stereocenters. The number of esters is 5. The van der Waals surface area contributed by atoms with E-state index in [1.165, 1.54) is 27.7 Å². The third kappa shape index (κ3) is 3.97. The Balaban J connectivity index is 1.80. The predicted molar refractivity (Wildman–Crippen MR) is 132 cm³/mol. The number of rotatable bonds is 4. The number of carbonyl (C=O) groups excluding carboxylic acids is 5. The van der Waals surface area contributed by atoms with Crippen LogP contribution in [0.15, 0.2) is 11.6 Å². The van der Waals surface area contributed by atoms with Crippen LogP contribution in [-0.2, 0) is 57.1 Å². The van der Waals surface area contributed by atoms with Gasteiger partial charge in [-0.05, 0) is 32.4 Å². The summed E-state index contributed by atoms with van der Waals surface area (Å²) < 4.78 is 41.8. The molecule has 1 spiro atoms. The molecule has 12 heteroatoms. The van der Waals surface area contributed by atoms with E-state index in [9.17, 15) is 24.0 Å². The molecule has 0 radical (unpaired) electrons. The number of carbonyl (C=O) groups is 5. The maximum absolute atomic E-state index is 13.2. The van der Waals surface area contributed by atoms with Gasteiger partial charge in [0.2, 0.25) is 0 Å². The minimum atomic E-state index is -1.47. The topological polar surface area (TPSA) is 157 Å². The van der Waals surface area contributed by atoms with E-state index in [1.807, 2.05) is 6.92 Å². The van der Waals surface area contributed by atoms with Crippen molar-refractivity contribution in [1.82, 2.24) is 0 Å². The molecule has 3 heterocycles. The van der Waals surface area contributed by atoms with Crippen molar-refractivity contribution < 1.29 is 57.1 Å². The Kier molecular flexibility index (Phi) is 6.42. The Morgan fingerprint density at radius 2 is 1.40 bits per heavy atom. The van der Waals surface area contributed by atoms with Gasteiger partial charge in [0, 0.05) is 46.5 Å². The van der Waals surface area contributed by atoms with Gasteiger partial charge in [0.15, 0.2) is 17.3 Å². The number of epoxide rings is 2. The average Bonchev–Trinajstić information content (AvgIpc) is 3.65. The van der Waals surface area contributed by atoms with E-state index in [1.54, 1.807) is 26.8 Å². The fourth-order valence-corrected chi connectivity index (χ4v) is 7.59. The highest BCUT2D eigenvalue weighted by Crippen LogP contribution is 2.69.